The van der Waals surface area contributed by atoms with Gasteiger partial charge in [0, 0.05) is 43.9 Å². The summed E-state index contributed by atoms with van der Waals surface area (Å²) in [5.41, 5.74) is 0. The van der Waals surface area contributed by atoms with Crippen molar-refractivity contribution in [3.05, 3.63) is 24.5 Å². The van der Waals surface area contributed by atoms with E-state index < -0.39 is 0 Å². The average molecular weight is 374 g/mol. The van der Waals surface area contributed by atoms with Gasteiger partial charge in [-0.25, -0.2) is 9.67 Å². The third kappa shape index (κ3) is 5.60. The molecule has 1 saturated carbocycles. The van der Waals surface area contributed by atoms with Crippen molar-refractivity contribution in [2.45, 2.75) is 70.6 Å². The molecular weight excluding hydrogens is 348 g/mol. The Hall–Kier alpha value is -2.78. The highest BCUT2D eigenvalue weighted by Crippen LogP contribution is 2.19. The van der Waals surface area contributed by atoms with E-state index in [0.717, 1.165) is 37.9 Å². The monoisotopic (exact) mass is 374 g/mol. The summed E-state index contributed by atoms with van der Waals surface area (Å²) in [5, 5.41) is 16.8. The van der Waals surface area contributed by atoms with Crippen molar-refractivity contribution in [1.82, 2.24) is 40.4 Å². The van der Waals surface area contributed by atoms with E-state index in [0.29, 0.717) is 13.0 Å². The van der Waals surface area contributed by atoms with Crippen molar-refractivity contribution in [1.29, 1.82) is 0 Å². The number of carbonyl (C=O) groups is 2. The molecule has 27 heavy (non-hydrogen) atoms. The molecule has 3 rings (SSSR count). The van der Waals surface area contributed by atoms with Gasteiger partial charge in [-0.2, -0.15) is 0 Å². The summed E-state index contributed by atoms with van der Waals surface area (Å²) in [4.78, 5) is 28.6. The van der Waals surface area contributed by atoms with Crippen molar-refractivity contribution in [3.63, 3.8) is 0 Å². The Bertz CT molecular complexity index is 742. The van der Waals surface area contributed by atoms with Crippen LogP contribution in [0.25, 0.3) is 0 Å². The predicted octanol–water partition coefficient (Wildman–Crippen LogP) is 0.0659. The molecule has 2 heterocycles. The Morgan fingerprint density at radius 2 is 2.00 bits per heavy atom. The third-order valence-corrected chi connectivity index (χ3v) is 4.80. The van der Waals surface area contributed by atoms with E-state index in [-0.39, 0.29) is 30.4 Å². The number of amides is 2. The smallest absolute Gasteiger partial charge is 0.242 e. The number of carbonyl (C=O) groups excluding carboxylic acids is 2. The Balaban J connectivity index is 1.41. The van der Waals surface area contributed by atoms with Crippen LogP contribution in [-0.2, 0) is 29.1 Å². The minimum atomic E-state index is -0.119. The van der Waals surface area contributed by atoms with Crippen molar-refractivity contribution in [3.8, 4) is 0 Å². The van der Waals surface area contributed by atoms with Crippen LogP contribution in [0.3, 0.4) is 0 Å². The highest BCUT2D eigenvalue weighted by molar-refractivity contribution is 5.76. The molecule has 1 aliphatic carbocycles. The molecule has 2 amide bonds. The van der Waals surface area contributed by atoms with Crippen LogP contribution < -0.4 is 10.6 Å². The molecule has 146 valence electrons. The Kier molecular flexibility index (Phi) is 6.50. The van der Waals surface area contributed by atoms with Crippen LogP contribution in [-0.4, -0.2) is 53.7 Å². The number of aromatic nitrogens is 6. The number of nitrogens with one attached hydrogen (secondary N) is 2. The molecule has 0 aliphatic heterocycles. The summed E-state index contributed by atoms with van der Waals surface area (Å²) >= 11 is 0. The lowest BCUT2D eigenvalue weighted by Crippen LogP contribution is -2.46. The second-order valence-corrected chi connectivity index (χ2v) is 6.84. The van der Waals surface area contributed by atoms with Gasteiger partial charge in [-0.1, -0.05) is 6.92 Å². The minimum Gasteiger partial charge on any atom is -0.353 e. The van der Waals surface area contributed by atoms with Gasteiger partial charge in [0.05, 0.1) is 0 Å². The number of hydrogen-bond acceptors (Lipinski definition) is 6. The van der Waals surface area contributed by atoms with Gasteiger partial charge >= 0.3 is 0 Å². The van der Waals surface area contributed by atoms with Gasteiger partial charge in [-0.05, 0) is 36.1 Å². The van der Waals surface area contributed by atoms with Crippen LogP contribution in [0.4, 0.5) is 0 Å². The van der Waals surface area contributed by atoms with Gasteiger partial charge in [0.15, 0.2) is 0 Å². The number of rotatable bonds is 8. The van der Waals surface area contributed by atoms with Gasteiger partial charge in [-0.15, -0.1) is 5.10 Å². The van der Waals surface area contributed by atoms with Crippen LogP contribution in [0.1, 0.15) is 44.9 Å². The highest BCUT2D eigenvalue weighted by atomic mass is 16.2. The molecule has 0 radical (unpaired) electrons. The Labute approximate surface area is 157 Å². The molecule has 1 fully saturated rings. The first-order valence-electron chi connectivity index (χ1n) is 9.43. The molecule has 2 aromatic heterocycles. The first-order valence-corrected chi connectivity index (χ1v) is 9.43. The molecule has 2 aromatic rings. The highest BCUT2D eigenvalue weighted by Gasteiger charge is 2.24. The van der Waals surface area contributed by atoms with Gasteiger partial charge < -0.3 is 15.2 Å². The number of tetrazole rings is 1. The third-order valence-electron chi connectivity index (χ3n) is 4.80. The fourth-order valence-electron chi connectivity index (χ4n) is 3.50. The largest absolute Gasteiger partial charge is 0.353 e. The maximum absolute atomic E-state index is 12.3. The van der Waals surface area contributed by atoms with E-state index in [9.17, 15) is 9.59 Å². The summed E-state index contributed by atoms with van der Waals surface area (Å²) in [7, 11) is 0. The normalized spacial score (nSPS) is 19.6. The fraction of sp³-hybridized carbons (Fsp3) is 0.647. The molecule has 10 heteroatoms. The van der Waals surface area contributed by atoms with Crippen LogP contribution in [0, 0.1) is 0 Å². The zero-order valence-electron chi connectivity index (χ0n) is 15.5. The summed E-state index contributed by atoms with van der Waals surface area (Å²) in [5.74, 6) is 0.911. The van der Waals surface area contributed by atoms with Crippen molar-refractivity contribution < 1.29 is 9.59 Å². The van der Waals surface area contributed by atoms with E-state index in [1.54, 1.807) is 6.20 Å². The number of hydrogen-bond donors (Lipinski definition) is 2. The number of aryl methyl sites for hydroxylation is 2. The predicted molar refractivity (Wildman–Crippen MR) is 96.4 cm³/mol. The Morgan fingerprint density at radius 3 is 2.70 bits per heavy atom. The maximum atomic E-state index is 12.3. The van der Waals surface area contributed by atoms with Crippen LogP contribution in [0.15, 0.2) is 18.7 Å². The van der Waals surface area contributed by atoms with Gasteiger partial charge in [0.25, 0.3) is 0 Å². The molecule has 2 atom stereocenters. The second-order valence-electron chi connectivity index (χ2n) is 6.84. The van der Waals surface area contributed by atoms with Crippen LogP contribution in [0.5, 0.6) is 0 Å². The standard InChI is InChI=1S/C17H26N8O2/c1-2-15-18-7-9-24(15)8-6-16(26)20-13-4-3-5-14(10-13)21-17(27)11-25-12-19-22-23-25/h7,9,12-14H,2-6,8,10-11H2,1H3,(H,20,26)(H,21,27)/t13-,14+/m0/s1. The first kappa shape index (κ1) is 19.0. The van der Waals surface area contributed by atoms with Gasteiger partial charge in [-0.3, -0.25) is 9.59 Å². The average Bonchev–Trinajstić information content (AvgIpc) is 3.31. The molecule has 0 unspecified atom stereocenters. The van der Waals surface area contributed by atoms with Crippen molar-refractivity contribution in [2.75, 3.05) is 0 Å². The van der Waals surface area contributed by atoms with Gasteiger partial charge in [0.2, 0.25) is 11.8 Å². The van der Waals surface area contributed by atoms with E-state index in [1.165, 1.54) is 11.0 Å². The van der Waals surface area contributed by atoms with Crippen LogP contribution >= 0.6 is 0 Å². The maximum Gasteiger partial charge on any atom is 0.242 e. The lowest BCUT2D eigenvalue weighted by atomic mass is 9.91. The Morgan fingerprint density at radius 1 is 1.22 bits per heavy atom. The molecular formula is C17H26N8O2. The SMILES string of the molecule is CCc1nccn1CCC(=O)N[C@H]1CCC[C@@H](NC(=O)Cn2cnnn2)C1. The molecule has 0 bridgehead atoms. The molecule has 1 aliphatic rings. The van der Waals surface area contributed by atoms with E-state index >= 15 is 0 Å². The van der Waals surface area contributed by atoms with Crippen LogP contribution in [0.2, 0.25) is 0 Å². The van der Waals surface area contributed by atoms with E-state index in [2.05, 4.69) is 38.1 Å². The summed E-state index contributed by atoms with van der Waals surface area (Å²) in [6, 6.07) is 0.159. The summed E-state index contributed by atoms with van der Waals surface area (Å²) < 4.78 is 3.40. The zero-order chi connectivity index (χ0) is 19.1. The topological polar surface area (TPSA) is 120 Å². The van der Waals surface area contributed by atoms with Gasteiger partial charge in [0.1, 0.15) is 18.7 Å². The molecule has 2 N–H and O–H groups in total. The minimum absolute atomic E-state index is 0.0384. The van der Waals surface area contributed by atoms with E-state index in [4.69, 9.17) is 0 Å². The van der Waals surface area contributed by atoms with Crippen molar-refractivity contribution in [2.24, 2.45) is 0 Å². The summed E-state index contributed by atoms with van der Waals surface area (Å²) in [6.07, 6.45) is 9.94. The lowest BCUT2D eigenvalue weighted by molar-refractivity contribution is -0.122. The molecule has 0 spiro atoms. The van der Waals surface area contributed by atoms with Crippen molar-refractivity contribution >= 4 is 11.8 Å². The zero-order valence-corrected chi connectivity index (χ0v) is 15.5. The quantitative estimate of drug-likeness (QED) is 0.674. The van der Waals surface area contributed by atoms with E-state index in [1.807, 2.05) is 10.8 Å². The number of imidazole rings is 1. The molecule has 0 aromatic carbocycles. The number of nitrogens with zero attached hydrogens (tertiary/aromatic N) is 6. The molecule has 0 saturated heterocycles. The lowest BCUT2D eigenvalue weighted by Gasteiger charge is -2.30. The molecule has 10 nitrogen and oxygen atoms in total. The summed E-state index contributed by atoms with van der Waals surface area (Å²) in [6.45, 7) is 2.79. The first-order chi connectivity index (χ1) is 13.1. The fourth-order valence-corrected chi connectivity index (χ4v) is 3.50. The second kappa shape index (κ2) is 9.24.